The fraction of sp³-hybridized carbons (Fsp3) is 0.500. The van der Waals surface area contributed by atoms with Crippen LogP contribution in [0.25, 0.3) is 0 Å². The fourth-order valence-corrected chi connectivity index (χ4v) is 2.86. The molecule has 24 heavy (non-hydrogen) atoms. The van der Waals surface area contributed by atoms with Crippen LogP contribution in [0.5, 0.6) is 0 Å². The highest BCUT2D eigenvalue weighted by atomic mass is 35.5. The van der Waals surface area contributed by atoms with E-state index in [0.717, 1.165) is 31.9 Å². The molecule has 1 aromatic rings. The first-order valence-electron chi connectivity index (χ1n) is 7.99. The number of carbonyl (C=O) groups is 2. The van der Waals surface area contributed by atoms with E-state index in [0.29, 0.717) is 25.9 Å². The average Bonchev–Trinajstić information content (AvgIpc) is 2.75. The van der Waals surface area contributed by atoms with Crippen LogP contribution in [0.2, 0.25) is 5.02 Å². The van der Waals surface area contributed by atoms with Crippen molar-refractivity contribution in [3.8, 4) is 0 Å². The Bertz CT molecular complexity index is 636. The Morgan fingerprint density at radius 2 is 2.12 bits per heavy atom. The zero-order valence-electron chi connectivity index (χ0n) is 13.3. The predicted molar refractivity (Wildman–Crippen MR) is 90.1 cm³/mol. The molecule has 8 heteroatoms. The summed E-state index contributed by atoms with van der Waals surface area (Å²) in [5, 5.41) is 13.9. The summed E-state index contributed by atoms with van der Waals surface area (Å²) in [4.78, 5) is 36.2. The molecule has 1 aliphatic heterocycles. The minimum Gasteiger partial charge on any atom is -0.352 e. The number of nitro benzene ring substituents is 1. The van der Waals surface area contributed by atoms with Gasteiger partial charge in [-0.15, -0.1) is 0 Å². The monoisotopic (exact) mass is 353 g/mol. The highest BCUT2D eigenvalue weighted by Gasteiger charge is 2.20. The van der Waals surface area contributed by atoms with Gasteiger partial charge in [-0.1, -0.05) is 18.0 Å². The van der Waals surface area contributed by atoms with Crippen molar-refractivity contribution in [3.63, 3.8) is 0 Å². The smallest absolute Gasteiger partial charge is 0.283 e. The minimum absolute atomic E-state index is 0.0183. The van der Waals surface area contributed by atoms with Gasteiger partial charge in [0.15, 0.2) is 0 Å². The molecule has 1 N–H and O–H groups in total. The molecule has 0 aliphatic carbocycles. The first-order chi connectivity index (χ1) is 11.5. The first-order valence-corrected chi connectivity index (χ1v) is 8.37. The summed E-state index contributed by atoms with van der Waals surface area (Å²) in [5.41, 5.74) is -0.335. The number of halogens is 1. The molecule has 2 amide bonds. The summed E-state index contributed by atoms with van der Waals surface area (Å²) in [6.07, 6.45) is 4.21. The van der Waals surface area contributed by atoms with Crippen molar-refractivity contribution in [2.24, 2.45) is 0 Å². The lowest BCUT2D eigenvalue weighted by Crippen LogP contribution is -2.34. The largest absolute Gasteiger partial charge is 0.352 e. The standard InChI is InChI=1S/C16H20ClN3O4/c17-12-6-7-13(14(11-12)20(23)24)16(22)18-8-4-10-19-9-3-1-2-5-15(19)21/h6-7,11H,1-5,8-10H2,(H,18,22). The number of nitrogens with one attached hydrogen (secondary N) is 1. The molecule has 1 aliphatic rings. The van der Waals surface area contributed by atoms with Crippen LogP contribution in [0.4, 0.5) is 5.69 Å². The third-order valence-electron chi connectivity index (χ3n) is 3.96. The van der Waals surface area contributed by atoms with E-state index in [1.54, 1.807) is 0 Å². The second-order valence-electron chi connectivity index (χ2n) is 5.72. The number of rotatable bonds is 6. The van der Waals surface area contributed by atoms with Gasteiger partial charge in [0.2, 0.25) is 5.91 Å². The van der Waals surface area contributed by atoms with Crippen molar-refractivity contribution < 1.29 is 14.5 Å². The molecule has 0 radical (unpaired) electrons. The van der Waals surface area contributed by atoms with Gasteiger partial charge in [-0.05, 0) is 31.4 Å². The van der Waals surface area contributed by atoms with E-state index in [4.69, 9.17) is 11.6 Å². The molecular formula is C16H20ClN3O4. The molecule has 0 atom stereocenters. The fourth-order valence-electron chi connectivity index (χ4n) is 2.69. The Balaban J connectivity index is 1.85. The lowest BCUT2D eigenvalue weighted by atomic mass is 10.1. The van der Waals surface area contributed by atoms with E-state index in [1.807, 2.05) is 4.90 Å². The molecule has 1 saturated heterocycles. The Kier molecular flexibility index (Phi) is 6.54. The van der Waals surface area contributed by atoms with Crippen molar-refractivity contribution in [1.82, 2.24) is 10.2 Å². The van der Waals surface area contributed by atoms with Crippen molar-refractivity contribution in [2.75, 3.05) is 19.6 Å². The molecular weight excluding hydrogens is 334 g/mol. The second kappa shape index (κ2) is 8.63. The molecule has 0 bridgehead atoms. The number of nitrogens with zero attached hydrogens (tertiary/aromatic N) is 2. The maximum atomic E-state index is 12.1. The summed E-state index contributed by atoms with van der Waals surface area (Å²) in [7, 11) is 0. The number of benzene rings is 1. The zero-order valence-corrected chi connectivity index (χ0v) is 14.1. The highest BCUT2D eigenvalue weighted by molar-refractivity contribution is 6.31. The maximum Gasteiger partial charge on any atom is 0.283 e. The van der Waals surface area contributed by atoms with Crippen LogP contribution in [-0.2, 0) is 4.79 Å². The molecule has 1 heterocycles. The normalized spacial score (nSPS) is 15.0. The molecule has 1 aromatic carbocycles. The summed E-state index contributed by atoms with van der Waals surface area (Å²) in [5.74, 6) is -0.354. The third kappa shape index (κ3) is 4.92. The van der Waals surface area contributed by atoms with Gasteiger partial charge in [-0.25, -0.2) is 0 Å². The summed E-state index contributed by atoms with van der Waals surface area (Å²) >= 11 is 5.73. The van der Waals surface area contributed by atoms with E-state index in [9.17, 15) is 19.7 Å². The number of likely N-dealkylation sites (tertiary alicyclic amines) is 1. The van der Waals surface area contributed by atoms with Crippen LogP contribution in [0.1, 0.15) is 42.5 Å². The minimum atomic E-state index is -0.628. The lowest BCUT2D eigenvalue weighted by Gasteiger charge is -2.20. The first kappa shape index (κ1) is 18.2. The van der Waals surface area contributed by atoms with Crippen LogP contribution in [-0.4, -0.2) is 41.3 Å². The van der Waals surface area contributed by atoms with Gasteiger partial charge < -0.3 is 10.2 Å². The third-order valence-corrected chi connectivity index (χ3v) is 4.20. The quantitative estimate of drug-likeness (QED) is 0.483. The Morgan fingerprint density at radius 1 is 1.33 bits per heavy atom. The van der Waals surface area contributed by atoms with E-state index >= 15 is 0 Å². The molecule has 130 valence electrons. The number of amides is 2. The summed E-state index contributed by atoms with van der Waals surface area (Å²) in [6, 6.07) is 3.94. The molecule has 0 saturated carbocycles. The van der Waals surface area contributed by atoms with Gasteiger partial charge in [0.25, 0.3) is 11.6 Å². The lowest BCUT2D eigenvalue weighted by molar-refractivity contribution is -0.385. The van der Waals surface area contributed by atoms with Crippen molar-refractivity contribution >= 4 is 29.1 Å². The maximum absolute atomic E-state index is 12.1. The number of nitro groups is 1. The van der Waals surface area contributed by atoms with E-state index < -0.39 is 10.8 Å². The summed E-state index contributed by atoms with van der Waals surface area (Å²) < 4.78 is 0. The number of carbonyl (C=O) groups excluding carboxylic acids is 2. The van der Waals surface area contributed by atoms with Gasteiger partial charge in [0.05, 0.1) is 4.92 Å². The molecule has 2 rings (SSSR count). The van der Waals surface area contributed by atoms with Gasteiger partial charge in [-0.3, -0.25) is 19.7 Å². The second-order valence-corrected chi connectivity index (χ2v) is 6.16. The average molecular weight is 354 g/mol. The molecule has 0 aromatic heterocycles. The van der Waals surface area contributed by atoms with Crippen LogP contribution in [0, 0.1) is 10.1 Å². The molecule has 1 fully saturated rings. The van der Waals surface area contributed by atoms with Gasteiger partial charge in [0, 0.05) is 37.1 Å². The zero-order chi connectivity index (χ0) is 17.5. The number of hydrogen-bond acceptors (Lipinski definition) is 4. The number of hydrogen-bond donors (Lipinski definition) is 1. The van der Waals surface area contributed by atoms with Crippen molar-refractivity contribution in [1.29, 1.82) is 0 Å². The van der Waals surface area contributed by atoms with E-state index in [-0.39, 0.29) is 22.2 Å². The topological polar surface area (TPSA) is 92.6 Å². The molecule has 0 unspecified atom stereocenters. The molecule has 7 nitrogen and oxygen atoms in total. The van der Waals surface area contributed by atoms with Crippen LogP contribution < -0.4 is 5.32 Å². The summed E-state index contributed by atoms with van der Waals surface area (Å²) in [6.45, 7) is 1.69. The predicted octanol–water partition coefficient (Wildman–Crippen LogP) is 2.77. The van der Waals surface area contributed by atoms with Crippen LogP contribution >= 0.6 is 11.6 Å². The van der Waals surface area contributed by atoms with E-state index in [2.05, 4.69) is 5.32 Å². The highest BCUT2D eigenvalue weighted by Crippen LogP contribution is 2.23. The van der Waals surface area contributed by atoms with Crippen LogP contribution in [0.15, 0.2) is 18.2 Å². The SMILES string of the molecule is O=C(NCCCN1CCCCCC1=O)c1ccc(Cl)cc1[N+](=O)[O-]. The Hall–Kier alpha value is -2.15. The van der Waals surface area contributed by atoms with Crippen molar-refractivity contribution in [3.05, 3.63) is 38.9 Å². The Labute approximate surface area is 145 Å². The Morgan fingerprint density at radius 3 is 2.88 bits per heavy atom. The van der Waals surface area contributed by atoms with Crippen LogP contribution in [0.3, 0.4) is 0 Å². The van der Waals surface area contributed by atoms with E-state index in [1.165, 1.54) is 12.1 Å². The van der Waals surface area contributed by atoms with Gasteiger partial charge in [0.1, 0.15) is 5.56 Å². The van der Waals surface area contributed by atoms with Gasteiger partial charge >= 0.3 is 0 Å². The molecule has 0 spiro atoms. The van der Waals surface area contributed by atoms with Gasteiger partial charge in [-0.2, -0.15) is 0 Å². The van der Waals surface area contributed by atoms with Crippen molar-refractivity contribution in [2.45, 2.75) is 32.1 Å².